The van der Waals surface area contributed by atoms with Crippen LogP contribution in [0.25, 0.3) is 0 Å². The van der Waals surface area contributed by atoms with Crippen molar-refractivity contribution in [3.8, 4) is 5.75 Å². The van der Waals surface area contributed by atoms with Gasteiger partial charge in [0.25, 0.3) is 0 Å². The van der Waals surface area contributed by atoms with E-state index >= 15 is 0 Å². The second kappa shape index (κ2) is 7.85. The molecule has 136 valence electrons. The number of para-hydroxylation sites is 2. The van der Waals surface area contributed by atoms with E-state index in [1.54, 1.807) is 36.3 Å². The van der Waals surface area contributed by atoms with E-state index in [0.717, 1.165) is 0 Å². The van der Waals surface area contributed by atoms with E-state index in [4.69, 9.17) is 27.9 Å². The van der Waals surface area contributed by atoms with Gasteiger partial charge in [0.05, 0.1) is 23.5 Å². The minimum Gasteiger partial charge on any atom is -0.495 e. The Morgan fingerprint density at radius 3 is 2.73 bits per heavy atom. The first-order valence-electron chi connectivity index (χ1n) is 7.94. The van der Waals surface area contributed by atoms with Crippen molar-refractivity contribution in [1.82, 2.24) is 4.90 Å². The number of hydrogen-bond donors (Lipinski definition) is 1. The third-order valence-corrected chi connectivity index (χ3v) is 4.57. The zero-order valence-corrected chi connectivity index (χ0v) is 15.5. The second-order valence-electron chi connectivity index (χ2n) is 5.70. The van der Waals surface area contributed by atoms with Crippen LogP contribution in [0.5, 0.6) is 5.75 Å². The van der Waals surface area contributed by atoms with Crippen molar-refractivity contribution in [2.24, 2.45) is 0 Å². The second-order valence-corrected chi connectivity index (χ2v) is 6.54. The number of anilines is 2. The van der Waals surface area contributed by atoms with Crippen molar-refractivity contribution >= 4 is 46.5 Å². The van der Waals surface area contributed by atoms with Gasteiger partial charge in [0, 0.05) is 18.1 Å². The fraction of sp³-hybridized carbons (Fsp3) is 0.222. The van der Waals surface area contributed by atoms with Gasteiger partial charge in [-0.05, 0) is 30.3 Å². The molecule has 0 spiro atoms. The molecule has 3 rings (SSSR count). The van der Waals surface area contributed by atoms with Crippen LogP contribution in [0.4, 0.5) is 16.2 Å². The van der Waals surface area contributed by atoms with Crippen molar-refractivity contribution in [3.05, 3.63) is 52.5 Å². The molecule has 0 aromatic heterocycles. The summed E-state index contributed by atoms with van der Waals surface area (Å²) in [5.74, 6) is 0.266. The molecule has 6 nitrogen and oxygen atoms in total. The molecule has 1 saturated heterocycles. The average Bonchev–Trinajstić information content (AvgIpc) is 2.98. The van der Waals surface area contributed by atoms with E-state index in [2.05, 4.69) is 5.32 Å². The number of benzene rings is 2. The molecular formula is C18H17Cl2N3O3. The Morgan fingerprint density at radius 1 is 1.19 bits per heavy atom. The van der Waals surface area contributed by atoms with E-state index < -0.39 is 0 Å². The molecule has 1 fully saturated rings. The topological polar surface area (TPSA) is 61.9 Å². The van der Waals surface area contributed by atoms with Gasteiger partial charge in [-0.15, -0.1) is 0 Å². The van der Waals surface area contributed by atoms with Crippen molar-refractivity contribution < 1.29 is 14.3 Å². The molecule has 3 amide bonds. The largest absolute Gasteiger partial charge is 0.495 e. The number of nitrogens with zero attached hydrogens (tertiary/aromatic N) is 2. The van der Waals surface area contributed by atoms with Crippen LogP contribution in [0.15, 0.2) is 42.5 Å². The fourth-order valence-electron chi connectivity index (χ4n) is 2.76. The monoisotopic (exact) mass is 393 g/mol. The molecule has 0 atom stereocenters. The highest BCUT2D eigenvalue weighted by atomic mass is 35.5. The van der Waals surface area contributed by atoms with Gasteiger partial charge in [0.15, 0.2) is 0 Å². The van der Waals surface area contributed by atoms with Crippen LogP contribution in [0.3, 0.4) is 0 Å². The fourth-order valence-corrected chi connectivity index (χ4v) is 3.10. The van der Waals surface area contributed by atoms with E-state index in [1.165, 1.54) is 4.90 Å². The number of methoxy groups -OCH3 is 1. The van der Waals surface area contributed by atoms with Gasteiger partial charge in [-0.3, -0.25) is 9.69 Å². The number of halogens is 2. The predicted octanol–water partition coefficient (Wildman–Crippen LogP) is 3.88. The first kappa shape index (κ1) is 18.4. The lowest BCUT2D eigenvalue weighted by Crippen LogP contribution is -2.37. The van der Waals surface area contributed by atoms with E-state index in [1.807, 2.05) is 18.2 Å². The molecule has 0 radical (unpaired) electrons. The molecule has 0 bridgehead atoms. The summed E-state index contributed by atoms with van der Waals surface area (Å²) in [5, 5.41) is 3.53. The normalized spacial score (nSPS) is 13.9. The third kappa shape index (κ3) is 3.86. The van der Waals surface area contributed by atoms with Crippen molar-refractivity contribution in [1.29, 1.82) is 0 Å². The van der Waals surface area contributed by atoms with E-state index in [-0.39, 0.29) is 18.5 Å². The highest BCUT2D eigenvalue weighted by molar-refractivity contribution is 6.35. The van der Waals surface area contributed by atoms with Gasteiger partial charge in [-0.25, -0.2) is 4.79 Å². The molecule has 1 aliphatic rings. The van der Waals surface area contributed by atoms with Crippen LogP contribution < -0.4 is 15.0 Å². The molecule has 8 heteroatoms. The molecule has 1 aliphatic heterocycles. The summed E-state index contributed by atoms with van der Waals surface area (Å²) < 4.78 is 5.31. The molecule has 2 aromatic carbocycles. The van der Waals surface area contributed by atoms with Gasteiger partial charge < -0.3 is 15.0 Å². The summed E-state index contributed by atoms with van der Waals surface area (Å²) in [7, 11) is 1.55. The Labute approximate surface area is 161 Å². The number of ether oxygens (including phenoxy) is 1. The minimum absolute atomic E-state index is 0.0761. The van der Waals surface area contributed by atoms with Crippen molar-refractivity contribution in [2.75, 3.05) is 37.0 Å². The Morgan fingerprint density at radius 2 is 1.96 bits per heavy atom. The molecule has 0 unspecified atom stereocenters. The Kier molecular flexibility index (Phi) is 5.54. The molecule has 2 aromatic rings. The van der Waals surface area contributed by atoms with Gasteiger partial charge >= 0.3 is 6.03 Å². The summed E-state index contributed by atoms with van der Waals surface area (Å²) in [5.41, 5.74) is 1.10. The first-order valence-corrected chi connectivity index (χ1v) is 8.69. The van der Waals surface area contributed by atoms with E-state index in [9.17, 15) is 9.59 Å². The zero-order chi connectivity index (χ0) is 18.7. The van der Waals surface area contributed by atoms with Crippen molar-refractivity contribution in [2.45, 2.75) is 0 Å². The van der Waals surface area contributed by atoms with Crippen LogP contribution in [-0.2, 0) is 4.79 Å². The lowest BCUT2D eigenvalue weighted by Gasteiger charge is -2.20. The number of hydrogen-bond acceptors (Lipinski definition) is 3. The summed E-state index contributed by atoms with van der Waals surface area (Å²) >= 11 is 12.0. The Hall–Kier alpha value is -2.44. The van der Waals surface area contributed by atoms with Gasteiger partial charge in [0.1, 0.15) is 12.3 Å². The lowest BCUT2D eigenvalue weighted by molar-refractivity contribution is -0.116. The number of carbonyl (C=O) groups is 2. The summed E-state index contributed by atoms with van der Waals surface area (Å²) in [4.78, 5) is 28.0. The SMILES string of the molecule is COc1ccccc1N1CCN(CC(=O)Nc2cc(Cl)ccc2Cl)C1=O. The van der Waals surface area contributed by atoms with Crippen LogP contribution in [-0.4, -0.2) is 43.6 Å². The Balaban J connectivity index is 1.67. The third-order valence-electron chi connectivity index (χ3n) is 4.01. The summed E-state index contributed by atoms with van der Waals surface area (Å²) in [6.45, 7) is 0.839. The zero-order valence-electron chi connectivity index (χ0n) is 14.0. The number of amides is 3. The quantitative estimate of drug-likeness (QED) is 0.837. The first-order chi connectivity index (χ1) is 12.5. The van der Waals surface area contributed by atoms with Crippen molar-refractivity contribution in [3.63, 3.8) is 0 Å². The van der Waals surface area contributed by atoms with Gasteiger partial charge in [-0.1, -0.05) is 35.3 Å². The van der Waals surface area contributed by atoms with E-state index in [0.29, 0.717) is 40.3 Å². The molecule has 1 N–H and O–H groups in total. The number of rotatable bonds is 5. The maximum Gasteiger partial charge on any atom is 0.325 e. The number of nitrogens with one attached hydrogen (secondary N) is 1. The van der Waals surface area contributed by atoms with Gasteiger partial charge in [-0.2, -0.15) is 0 Å². The maximum absolute atomic E-state index is 12.7. The van der Waals surface area contributed by atoms with Crippen LogP contribution in [0.1, 0.15) is 0 Å². The minimum atomic E-state index is -0.343. The summed E-state index contributed by atoms with van der Waals surface area (Å²) in [6, 6.07) is 11.8. The van der Waals surface area contributed by atoms with Crippen LogP contribution in [0, 0.1) is 0 Å². The predicted molar refractivity (Wildman–Crippen MR) is 102 cm³/mol. The number of carbonyl (C=O) groups excluding carboxylic acids is 2. The Bertz CT molecular complexity index is 844. The molecule has 26 heavy (non-hydrogen) atoms. The molecule has 1 heterocycles. The van der Waals surface area contributed by atoms with Gasteiger partial charge in [0.2, 0.25) is 5.91 Å². The maximum atomic E-state index is 12.7. The smallest absolute Gasteiger partial charge is 0.325 e. The lowest BCUT2D eigenvalue weighted by atomic mass is 10.2. The van der Waals surface area contributed by atoms with Crippen LogP contribution in [0.2, 0.25) is 10.0 Å². The highest BCUT2D eigenvalue weighted by Crippen LogP contribution is 2.30. The van der Waals surface area contributed by atoms with Crippen LogP contribution >= 0.6 is 23.2 Å². The standard InChI is InChI=1S/C18H17Cl2N3O3/c1-26-16-5-3-2-4-15(16)23-9-8-22(18(23)25)11-17(24)21-14-10-12(19)6-7-13(14)20/h2-7,10H,8-9,11H2,1H3,(H,21,24). The average molecular weight is 394 g/mol. The summed E-state index contributed by atoms with van der Waals surface area (Å²) in [6.07, 6.45) is 0. The highest BCUT2D eigenvalue weighted by Gasteiger charge is 2.32. The molecule has 0 saturated carbocycles. The molecule has 0 aliphatic carbocycles. The molecular weight excluding hydrogens is 377 g/mol. The number of urea groups is 1.